The Morgan fingerprint density at radius 3 is 2.34 bits per heavy atom. The fourth-order valence-electron chi connectivity index (χ4n) is 2.67. The lowest BCUT2D eigenvalue weighted by Gasteiger charge is -2.12. The Kier molecular flexibility index (Phi) is 8.79. The van der Waals surface area contributed by atoms with Gasteiger partial charge in [0.05, 0.1) is 13.7 Å². The number of methoxy groups -OCH3 is 1. The van der Waals surface area contributed by atoms with Gasteiger partial charge in [0.1, 0.15) is 6.61 Å². The summed E-state index contributed by atoms with van der Waals surface area (Å²) in [5.74, 6) is 1.74. The number of hydrogen-bond donors (Lipinski definition) is 2. The second-order valence-electron chi connectivity index (χ2n) is 6.45. The van der Waals surface area contributed by atoms with Gasteiger partial charge >= 0.3 is 0 Å². The van der Waals surface area contributed by atoms with E-state index in [2.05, 4.69) is 10.3 Å². The number of rotatable bonds is 7. The van der Waals surface area contributed by atoms with E-state index in [1.54, 1.807) is 7.11 Å². The average molecular weight is 503 g/mol. The third-order valence-electron chi connectivity index (χ3n) is 4.22. The van der Waals surface area contributed by atoms with Crippen molar-refractivity contribution in [2.75, 3.05) is 12.4 Å². The maximum Gasteiger partial charge on any atom is 0.193 e. The lowest BCUT2D eigenvalue weighted by Crippen LogP contribution is -2.22. The van der Waals surface area contributed by atoms with E-state index in [0.29, 0.717) is 30.6 Å². The van der Waals surface area contributed by atoms with Crippen molar-refractivity contribution in [2.24, 2.45) is 10.7 Å². The first-order chi connectivity index (χ1) is 13.6. The molecule has 0 heterocycles. The van der Waals surface area contributed by atoms with Gasteiger partial charge in [-0.05, 0) is 42.3 Å². The molecule has 3 N–H and O–H groups in total. The van der Waals surface area contributed by atoms with Crippen LogP contribution in [0.1, 0.15) is 16.7 Å². The van der Waals surface area contributed by atoms with Crippen LogP contribution in [-0.4, -0.2) is 13.1 Å². The molecule has 0 atom stereocenters. The zero-order valence-electron chi connectivity index (χ0n) is 16.6. The predicted molar refractivity (Wildman–Crippen MR) is 129 cm³/mol. The standard InChI is InChI=1S/C23H25N3O2.HI/c1-17-8-11-20(12-9-17)26-23(24)25-15-19-10-13-21(22(14-19)27-2)28-16-18-6-4-3-5-7-18;/h3-14H,15-16H2,1-2H3,(H3,24,25,26);1H. The van der Waals surface area contributed by atoms with Gasteiger partial charge in [-0.2, -0.15) is 0 Å². The molecule has 0 aromatic heterocycles. The third kappa shape index (κ3) is 6.98. The smallest absolute Gasteiger partial charge is 0.193 e. The molecule has 5 nitrogen and oxygen atoms in total. The predicted octanol–water partition coefficient (Wildman–Crippen LogP) is 5.13. The summed E-state index contributed by atoms with van der Waals surface area (Å²) >= 11 is 0. The number of nitrogens with two attached hydrogens (primary N) is 1. The number of benzene rings is 3. The van der Waals surface area contributed by atoms with Gasteiger partial charge in [0.2, 0.25) is 0 Å². The summed E-state index contributed by atoms with van der Waals surface area (Å²) in [5, 5.41) is 3.09. The van der Waals surface area contributed by atoms with Crippen LogP contribution < -0.4 is 20.5 Å². The largest absolute Gasteiger partial charge is 0.493 e. The minimum absolute atomic E-state index is 0. The minimum atomic E-state index is 0. The van der Waals surface area contributed by atoms with Crippen LogP contribution in [0.2, 0.25) is 0 Å². The number of aliphatic imine (C=N–C) groups is 1. The topological polar surface area (TPSA) is 68.9 Å². The van der Waals surface area contributed by atoms with Crippen LogP contribution in [0.25, 0.3) is 0 Å². The zero-order valence-corrected chi connectivity index (χ0v) is 18.9. The number of halogens is 1. The molecule has 3 aromatic carbocycles. The van der Waals surface area contributed by atoms with Crippen molar-refractivity contribution in [3.63, 3.8) is 0 Å². The fraction of sp³-hybridized carbons (Fsp3) is 0.174. The molecular weight excluding hydrogens is 477 g/mol. The lowest BCUT2D eigenvalue weighted by molar-refractivity contribution is 0.284. The molecule has 0 radical (unpaired) electrons. The highest BCUT2D eigenvalue weighted by Crippen LogP contribution is 2.29. The molecule has 0 fully saturated rings. The summed E-state index contributed by atoms with van der Waals surface area (Å²) in [6.07, 6.45) is 0. The summed E-state index contributed by atoms with van der Waals surface area (Å²) in [6.45, 7) is 2.98. The first-order valence-electron chi connectivity index (χ1n) is 9.11. The SMILES string of the molecule is COc1cc(CN=C(N)Nc2ccc(C)cc2)ccc1OCc1ccccc1.I. The monoisotopic (exact) mass is 503 g/mol. The van der Waals surface area contributed by atoms with Gasteiger partial charge in [0.25, 0.3) is 0 Å². The molecule has 0 aliphatic carbocycles. The van der Waals surface area contributed by atoms with Crippen LogP contribution in [0.4, 0.5) is 5.69 Å². The Morgan fingerprint density at radius 2 is 1.66 bits per heavy atom. The van der Waals surface area contributed by atoms with Gasteiger partial charge in [0, 0.05) is 5.69 Å². The van der Waals surface area contributed by atoms with Gasteiger partial charge in [-0.1, -0.05) is 54.1 Å². The molecule has 0 unspecified atom stereocenters. The van der Waals surface area contributed by atoms with Crippen LogP contribution in [0, 0.1) is 6.92 Å². The van der Waals surface area contributed by atoms with Crippen molar-refractivity contribution in [1.29, 1.82) is 0 Å². The van der Waals surface area contributed by atoms with E-state index in [1.807, 2.05) is 79.7 Å². The molecule has 3 aromatic rings. The molecule has 0 bridgehead atoms. The van der Waals surface area contributed by atoms with Gasteiger partial charge < -0.3 is 20.5 Å². The van der Waals surface area contributed by atoms with Crippen LogP contribution in [0.3, 0.4) is 0 Å². The van der Waals surface area contributed by atoms with Crippen LogP contribution in [0.5, 0.6) is 11.5 Å². The summed E-state index contributed by atoms with van der Waals surface area (Å²) in [5.41, 5.74) is 10.2. The zero-order chi connectivity index (χ0) is 19.8. The molecule has 0 saturated heterocycles. The van der Waals surface area contributed by atoms with Gasteiger partial charge in [-0.25, -0.2) is 4.99 Å². The number of aryl methyl sites for hydroxylation is 1. The molecule has 29 heavy (non-hydrogen) atoms. The van der Waals surface area contributed by atoms with E-state index in [4.69, 9.17) is 15.2 Å². The molecule has 6 heteroatoms. The van der Waals surface area contributed by atoms with Crippen LogP contribution in [0.15, 0.2) is 77.8 Å². The maximum atomic E-state index is 5.99. The van der Waals surface area contributed by atoms with Crippen molar-refractivity contribution in [2.45, 2.75) is 20.1 Å². The average Bonchev–Trinajstić information content (AvgIpc) is 2.73. The van der Waals surface area contributed by atoms with Gasteiger partial charge in [-0.3, -0.25) is 0 Å². The molecule has 0 aliphatic heterocycles. The highest BCUT2D eigenvalue weighted by Gasteiger charge is 2.06. The van der Waals surface area contributed by atoms with E-state index in [-0.39, 0.29) is 24.0 Å². The van der Waals surface area contributed by atoms with E-state index in [0.717, 1.165) is 16.8 Å². The number of hydrogen-bond acceptors (Lipinski definition) is 3. The summed E-state index contributed by atoms with van der Waals surface area (Å²) in [4.78, 5) is 4.40. The van der Waals surface area contributed by atoms with Crippen molar-refractivity contribution in [3.05, 3.63) is 89.5 Å². The second kappa shape index (κ2) is 11.3. The first-order valence-corrected chi connectivity index (χ1v) is 9.11. The normalized spacial score (nSPS) is 10.8. The van der Waals surface area contributed by atoms with Crippen LogP contribution in [-0.2, 0) is 13.2 Å². The number of ether oxygens (including phenoxy) is 2. The maximum absolute atomic E-state index is 5.99. The van der Waals surface area contributed by atoms with Gasteiger partial charge in [0.15, 0.2) is 17.5 Å². The van der Waals surface area contributed by atoms with Gasteiger partial charge in [-0.15, -0.1) is 24.0 Å². The van der Waals surface area contributed by atoms with Crippen molar-refractivity contribution in [3.8, 4) is 11.5 Å². The Hall–Kier alpha value is -2.74. The van der Waals surface area contributed by atoms with Crippen molar-refractivity contribution < 1.29 is 9.47 Å². The fourth-order valence-corrected chi connectivity index (χ4v) is 2.67. The number of guanidine groups is 1. The molecule has 0 saturated carbocycles. The summed E-state index contributed by atoms with van der Waals surface area (Å²) < 4.78 is 11.4. The van der Waals surface area contributed by atoms with Crippen LogP contribution >= 0.6 is 24.0 Å². The molecule has 0 spiro atoms. The Morgan fingerprint density at radius 1 is 0.931 bits per heavy atom. The Bertz CT molecular complexity index is 929. The van der Waals surface area contributed by atoms with Crippen molar-refractivity contribution in [1.82, 2.24) is 0 Å². The first kappa shape index (κ1) is 22.5. The Balaban J connectivity index is 0.00000300. The molecule has 152 valence electrons. The lowest BCUT2D eigenvalue weighted by atomic mass is 10.2. The molecule has 0 aliphatic rings. The number of nitrogens with one attached hydrogen (secondary N) is 1. The van der Waals surface area contributed by atoms with E-state index in [9.17, 15) is 0 Å². The Labute approximate surface area is 189 Å². The second-order valence-corrected chi connectivity index (χ2v) is 6.45. The number of anilines is 1. The van der Waals surface area contributed by atoms with Crippen molar-refractivity contribution >= 4 is 35.6 Å². The molecule has 0 amide bonds. The summed E-state index contributed by atoms with van der Waals surface area (Å²) in [6, 6.07) is 23.8. The van der Waals surface area contributed by atoms with E-state index < -0.39 is 0 Å². The quantitative estimate of drug-likeness (QED) is 0.267. The number of nitrogens with zero attached hydrogens (tertiary/aromatic N) is 1. The summed E-state index contributed by atoms with van der Waals surface area (Å²) in [7, 11) is 1.63. The van der Waals surface area contributed by atoms with E-state index in [1.165, 1.54) is 5.56 Å². The third-order valence-corrected chi connectivity index (χ3v) is 4.22. The highest BCUT2D eigenvalue weighted by atomic mass is 127. The molecular formula is C23H26IN3O2. The minimum Gasteiger partial charge on any atom is -0.493 e. The van der Waals surface area contributed by atoms with E-state index >= 15 is 0 Å². The molecule has 3 rings (SSSR count). The highest BCUT2D eigenvalue weighted by molar-refractivity contribution is 14.0.